The van der Waals surface area contributed by atoms with Gasteiger partial charge in [0.05, 0.1) is 6.17 Å². The number of nitrogens with two attached hydrogens (primary N) is 1. The highest BCUT2D eigenvalue weighted by Crippen LogP contribution is 2.33. The molecule has 96 valence electrons. The minimum atomic E-state index is -0.0787. The van der Waals surface area contributed by atoms with Crippen molar-refractivity contribution < 1.29 is 0 Å². The third kappa shape index (κ3) is 2.55. The highest BCUT2D eigenvalue weighted by Gasteiger charge is 2.32. The van der Waals surface area contributed by atoms with Gasteiger partial charge >= 0.3 is 0 Å². The summed E-state index contributed by atoms with van der Waals surface area (Å²) in [4.78, 5) is 0. The fraction of sp³-hybridized carbons (Fsp3) is 0.375. The summed E-state index contributed by atoms with van der Waals surface area (Å²) in [5, 5.41) is 3.44. The highest BCUT2D eigenvalue weighted by molar-refractivity contribution is 5.44. The molecule has 1 heterocycles. The number of hydrogen-bond acceptors (Lipinski definition) is 2. The van der Waals surface area contributed by atoms with E-state index in [1.807, 2.05) is 12.2 Å². The zero-order valence-corrected chi connectivity index (χ0v) is 10.8. The van der Waals surface area contributed by atoms with Crippen LogP contribution in [0, 0.1) is 5.92 Å². The third-order valence-electron chi connectivity index (χ3n) is 3.63. The molecular formula is C16H22N2. The van der Waals surface area contributed by atoms with E-state index in [1.165, 1.54) is 17.6 Å². The number of fused-ring (bicyclic) bond motifs is 1. The Labute approximate surface area is 110 Å². The van der Waals surface area contributed by atoms with Gasteiger partial charge in [-0.25, -0.2) is 0 Å². The van der Waals surface area contributed by atoms with Crippen LogP contribution >= 0.6 is 0 Å². The van der Waals surface area contributed by atoms with Crippen molar-refractivity contribution in [2.75, 3.05) is 0 Å². The zero-order valence-electron chi connectivity index (χ0n) is 10.8. The predicted octanol–water partition coefficient (Wildman–Crippen LogP) is 2.82. The van der Waals surface area contributed by atoms with Crippen molar-refractivity contribution in [1.29, 1.82) is 0 Å². The van der Waals surface area contributed by atoms with E-state index in [0.29, 0.717) is 5.92 Å². The molecule has 3 atom stereocenters. The quantitative estimate of drug-likeness (QED) is 0.590. The van der Waals surface area contributed by atoms with Crippen molar-refractivity contribution in [3.63, 3.8) is 0 Å². The summed E-state index contributed by atoms with van der Waals surface area (Å²) in [5.41, 5.74) is 8.83. The lowest BCUT2D eigenvalue weighted by molar-refractivity contribution is 0.430. The number of hydrogen-bond donors (Lipinski definition) is 2. The minimum Gasteiger partial charge on any atom is -0.312 e. The van der Waals surface area contributed by atoms with Crippen molar-refractivity contribution >= 4 is 0 Å². The summed E-state index contributed by atoms with van der Waals surface area (Å²) in [7, 11) is 0. The first-order valence-electron chi connectivity index (χ1n) is 6.62. The maximum Gasteiger partial charge on any atom is 0.0814 e. The van der Waals surface area contributed by atoms with Crippen molar-refractivity contribution in [3.8, 4) is 0 Å². The maximum absolute atomic E-state index is 6.22. The Hall–Kier alpha value is -1.38. The normalized spacial score (nSPS) is 32.2. The van der Waals surface area contributed by atoms with Gasteiger partial charge in [0.2, 0.25) is 0 Å². The van der Waals surface area contributed by atoms with Crippen LogP contribution in [0.15, 0.2) is 60.8 Å². The van der Waals surface area contributed by atoms with Crippen LogP contribution in [0.1, 0.15) is 19.3 Å². The number of piperidine rings is 1. The lowest BCUT2D eigenvalue weighted by atomic mass is 9.81. The van der Waals surface area contributed by atoms with Crippen LogP contribution in [0.25, 0.3) is 0 Å². The molecule has 0 amide bonds. The van der Waals surface area contributed by atoms with Gasteiger partial charge in [0.25, 0.3) is 0 Å². The largest absolute Gasteiger partial charge is 0.312 e. The second-order valence-electron chi connectivity index (χ2n) is 4.80. The summed E-state index contributed by atoms with van der Waals surface area (Å²) >= 11 is 0. The first-order chi connectivity index (χ1) is 8.77. The molecule has 2 nitrogen and oxygen atoms in total. The molecule has 1 aliphatic carbocycles. The first kappa shape index (κ1) is 13.1. The standard InChI is InChI=1S/C16H22N2/c1-3-5-11-15-12(4-2)13-9-7-6-8-10-14(13)16(17)18-15/h3-5,9-12,15-16,18H,1-2,6-8,17H2/b11-5-. The number of nitrogens with one attached hydrogen (secondary N) is 1. The van der Waals surface area contributed by atoms with Gasteiger partial charge in [-0.1, -0.05) is 43.0 Å². The summed E-state index contributed by atoms with van der Waals surface area (Å²) < 4.78 is 0. The van der Waals surface area contributed by atoms with E-state index < -0.39 is 0 Å². The fourth-order valence-corrected chi connectivity index (χ4v) is 2.75. The lowest BCUT2D eigenvalue weighted by Crippen LogP contribution is -2.52. The highest BCUT2D eigenvalue weighted by atomic mass is 15.1. The van der Waals surface area contributed by atoms with Crippen LogP contribution in [-0.4, -0.2) is 12.2 Å². The van der Waals surface area contributed by atoms with E-state index in [2.05, 4.69) is 36.7 Å². The molecule has 3 unspecified atom stereocenters. The molecule has 2 aliphatic rings. The van der Waals surface area contributed by atoms with Gasteiger partial charge in [-0.15, -0.1) is 6.58 Å². The average Bonchev–Trinajstić information content (AvgIpc) is 2.62. The van der Waals surface area contributed by atoms with Crippen LogP contribution in [0.3, 0.4) is 0 Å². The van der Waals surface area contributed by atoms with Gasteiger partial charge < -0.3 is 5.73 Å². The van der Waals surface area contributed by atoms with E-state index in [4.69, 9.17) is 5.73 Å². The second-order valence-corrected chi connectivity index (χ2v) is 4.80. The van der Waals surface area contributed by atoms with Crippen molar-refractivity contribution in [2.24, 2.45) is 11.7 Å². The number of allylic oxidation sites excluding steroid dienone is 4. The lowest BCUT2D eigenvalue weighted by Gasteiger charge is -2.37. The minimum absolute atomic E-state index is 0.0787. The van der Waals surface area contributed by atoms with Gasteiger partial charge in [-0.2, -0.15) is 0 Å². The van der Waals surface area contributed by atoms with E-state index in [9.17, 15) is 0 Å². The maximum atomic E-state index is 6.22. The topological polar surface area (TPSA) is 38.0 Å². The molecule has 0 aromatic rings. The van der Waals surface area contributed by atoms with Crippen LogP contribution in [0.4, 0.5) is 0 Å². The Morgan fingerprint density at radius 2 is 1.94 bits per heavy atom. The zero-order chi connectivity index (χ0) is 13.0. The molecule has 2 rings (SSSR count). The molecule has 1 saturated heterocycles. The Bertz CT molecular complexity index is 415. The van der Waals surface area contributed by atoms with Gasteiger partial charge in [-0.3, -0.25) is 5.32 Å². The molecule has 0 radical (unpaired) electrons. The van der Waals surface area contributed by atoms with Gasteiger partial charge in [0.15, 0.2) is 0 Å². The molecule has 0 aromatic heterocycles. The van der Waals surface area contributed by atoms with Gasteiger partial charge in [-0.05, 0) is 30.4 Å². The molecule has 0 aromatic carbocycles. The van der Waals surface area contributed by atoms with Crippen LogP contribution in [0.5, 0.6) is 0 Å². The summed E-state index contributed by atoms with van der Waals surface area (Å²) in [6.45, 7) is 7.69. The molecule has 2 heteroatoms. The predicted molar refractivity (Wildman–Crippen MR) is 77.9 cm³/mol. The molecule has 0 spiro atoms. The molecule has 1 aliphatic heterocycles. The second kappa shape index (κ2) is 5.98. The monoisotopic (exact) mass is 242 g/mol. The molecule has 18 heavy (non-hydrogen) atoms. The Balaban J connectivity index is 2.34. The van der Waals surface area contributed by atoms with Crippen LogP contribution in [0.2, 0.25) is 0 Å². The van der Waals surface area contributed by atoms with E-state index in [-0.39, 0.29) is 12.2 Å². The summed E-state index contributed by atoms with van der Waals surface area (Å²) in [6.07, 6.45) is 15.9. The van der Waals surface area contributed by atoms with Crippen LogP contribution < -0.4 is 11.1 Å². The van der Waals surface area contributed by atoms with Crippen molar-refractivity contribution in [1.82, 2.24) is 5.32 Å². The summed E-state index contributed by atoms with van der Waals surface area (Å²) in [6, 6.07) is 0.206. The number of rotatable bonds is 3. The SMILES string of the molecule is C=C/C=C\C1NC(N)C2=CCCCC=C2C1C=C. The smallest absolute Gasteiger partial charge is 0.0814 e. The Morgan fingerprint density at radius 3 is 2.61 bits per heavy atom. The molecule has 0 bridgehead atoms. The first-order valence-corrected chi connectivity index (χ1v) is 6.62. The van der Waals surface area contributed by atoms with Crippen LogP contribution in [-0.2, 0) is 0 Å². The fourth-order valence-electron chi connectivity index (χ4n) is 2.75. The molecule has 1 fully saturated rings. The molecule has 0 saturated carbocycles. The van der Waals surface area contributed by atoms with Crippen molar-refractivity contribution in [2.45, 2.75) is 31.5 Å². The Morgan fingerprint density at radius 1 is 1.22 bits per heavy atom. The average molecular weight is 242 g/mol. The molecule has 3 N–H and O–H groups in total. The third-order valence-corrected chi connectivity index (χ3v) is 3.63. The summed E-state index contributed by atoms with van der Waals surface area (Å²) in [5.74, 6) is 0.297. The van der Waals surface area contributed by atoms with E-state index in [1.54, 1.807) is 6.08 Å². The van der Waals surface area contributed by atoms with Gasteiger partial charge in [0.1, 0.15) is 0 Å². The Kier molecular flexibility index (Phi) is 4.34. The van der Waals surface area contributed by atoms with Gasteiger partial charge in [0, 0.05) is 12.0 Å². The van der Waals surface area contributed by atoms with Crippen molar-refractivity contribution in [3.05, 3.63) is 60.8 Å². The van der Waals surface area contributed by atoms with E-state index >= 15 is 0 Å². The van der Waals surface area contributed by atoms with E-state index in [0.717, 1.165) is 12.8 Å². The molecular weight excluding hydrogens is 220 g/mol.